The van der Waals surface area contributed by atoms with Crippen LogP contribution in [0.3, 0.4) is 0 Å². The van der Waals surface area contributed by atoms with E-state index in [-0.39, 0.29) is 19.6 Å². The van der Waals surface area contributed by atoms with Gasteiger partial charge in [0, 0.05) is 97.1 Å². The van der Waals surface area contributed by atoms with Crippen molar-refractivity contribution in [2.24, 2.45) is 5.92 Å². The van der Waals surface area contributed by atoms with Gasteiger partial charge in [-0.05, 0) is 110 Å². The Labute approximate surface area is 377 Å². The molecule has 2 heterocycles. The minimum absolute atomic E-state index is 0.0198. The van der Waals surface area contributed by atoms with Crippen LogP contribution in [0, 0.1) is 124 Å². The smallest absolute Gasteiger partial charge is 0.431 e. The highest BCUT2D eigenvalue weighted by atomic mass is 32.5. The van der Waals surface area contributed by atoms with E-state index in [1.807, 2.05) is 30.4 Å². The van der Waals surface area contributed by atoms with Crippen molar-refractivity contribution in [1.29, 1.82) is 0 Å². The number of hydrogen-bond donors (Lipinski definition) is 4. The fraction of sp³-hybridized carbons (Fsp3) is 0.277. The van der Waals surface area contributed by atoms with Crippen molar-refractivity contribution in [3.05, 3.63) is 81.1 Å². The number of aromatic amines is 1. The van der Waals surface area contributed by atoms with Gasteiger partial charge in [0.1, 0.15) is 31.6 Å². The summed E-state index contributed by atoms with van der Waals surface area (Å²) < 4.78 is 28.9. The number of ether oxygens (including phenoxy) is 3. The summed E-state index contributed by atoms with van der Waals surface area (Å²) in [6, 6.07) is 12.8. The van der Waals surface area contributed by atoms with E-state index in [2.05, 4.69) is 134 Å². The zero-order chi connectivity index (χ0) is 45.4. The van der Waals surface area contributed by atoms with Crippen LogP contribution in [0.2, 0.25) is 0 Å². The third kappa shape index (κ3) is 21.2. The second-order valence-electron chi connectivity index (χ2n) is 12.0. The average Bonchev–Trinajstić information content (AvgIpc) is 3.60. The molecule has 316 valence electrons. The first kappa shape index (κ1) is 50.0. The highest BCUT2D eigenvalue weighted by molar-refractivity contribution is 8.07. The molecular formula is C47H37N4O9PS2. The van der Waals surface area contributed by atoms with Crippen molar-refractivity contribution in [3.8, 4) is 119 Å². The molecule has 1 aliphatic heterocycles. The standard InChI is InChI=1S/C47H37N4O9PS2/c1-3-4-5-6-7-8-9-10-11-12-13-14-15-16-17-18-19-22-28-34-48-45(62)49-35-29-23-20-21-27-32-40-43(60-61(55,63)56-2)41(59-44(40)51-36-33-42(52)50-46(51)53)38-58-47(54)57-37-39-30-25-24-26-31-39/h21,24-27,30-31,33,36,40-41,43-44H,20,23,29,32,35,37-38H2,1-2H3,(H,55,63)(H2,48,49,62)(H,50,52,53)/b27-21+/t40-,41+,43?,44+,61?/m0/s1. The van der Waals surface area contributed by atoms with Crippen LogP contribution in [0.4, 0.5) is 4.79 Å². The van der Waals surface area contributed by atoms with E-state index in [4.69, 9.17) is 47.3 Å². The van der Waals surface area contributed by atoms with Gasteiger partial charge in [-0.15, -0.1) is 0 Å². The molecule has 0 amide bonds. The summed E-state index contributed by atoms with van der Waals surface area (Å²) in [5.41, 5.74) is -0.569. The van der Waals surface area contributed by atoms with Crippen LogP contribution in [0.1, 0.15) is 44.4 Å². The third-order valence-electron chi connectivity index (χ3n) is 7.73. The van der Waals surface area contributed by atoms with Crippen molar-refractivity contribution in [2.45, 2.75) is 57.6 Å². The molecule has 1 aliphatic rings. The normalized spacial score (nSPS) is 15.8. The summed E-state index contributed by atoms with van der Waals surface area (Å²) in [7, 11) is 1.21. The molecule has 0 spiro atoms. The van der Waals surface area contributed by atoms with Crippen LogP contribution in [0.5, 0.6) is 0 Å². The Morgan fingerprint density at radius 2 is 1.48 bits per heavy atom. The number of allylic oxidation sites excluding steroid dienone is 2. The molecule has 0 radical (unpaired) electrons. The van der Waals surface area contributed by atoms with Gasteiger partial charge in [-0.25, -0.2) is 9.59 Å². The molecule has 1 fully saturated rings. The first-order chi connectivity index (χ1) is 30.6. The van der Waals surface area contributed by atoms with Crippen molar-refractivity contribution in [3.63, 3.8) is 0 Å². The zero-order valence-electron chi connectivity index (χ0n) is 33.9. The fourth-order valence-electron chi connectivity index (χ4n) is 5.02. The van der Waals surface area contributed by atoms with Crippen LogP contribution in [-0.2, 0) is 41.7 Å². The van der Waals surface area contributed by atoms with Gasteiger partial charge in [-0.1, -0.05) is 48.4 Å². The predicted octanol–water partition coefficient (Wildman–Crippen LogP) is 3.24. The lowest BCUT2D eigenvalue weighted by molar-refractivity contribution is -0.0593. The number of nitrogens with one attached hydrogen (secondary N) is 3. The molecule has 0 saturated carbocycles. The number of hydrogen-bond acceptors (Lipinski definition) is 10. The number of H-pyrrole nitrogens is 1. The van der Waals surface area contributed by atoms with Gasteiger partial charge in [0.2, 0.25) is 0 Å². The number of unbranched alkanes of at least 4 members (excludes halogenated alkanes) is 2. The fourth-order valence-corrected chi connectivity index (χ4v) is 6.15. The summed E-state index contributed by atoms with van der Waals surface area (Å²) >= 11 is 10.4. The molecule has 1 aromatic heterocycles. The molecule has 2 aromatic rings. The van der Waals surface area contributed by atoms with Crippen molar-refractivity contribution in [2.75, 3.05) is 20.3 Å². The van der Waals surface area contributed by atoms with E-state index < -0.39 is 48.5 Å². The van der Waals surface area contributed by atoms with Gasteiger partial charge in [0.05, 0.1) is 0 Å². The van der Waals surface area contributed by atoms with Crippen molar-refractivity contribution >= 4 is 42.0 Å². The highest BCUT2D eigenvalue weighted by Gasteiger charge is 2.48. The first-order valence-electron chi connectivity index (χ1n) is 18.6. The lowest BCUT2D eigenvalue weighted by Gasteiger charge is -2.26. The monoisotopic (exact) mass is 896 g/mol. The first-order valence-corrected chi connectivity index (χ1v) is 21.6. The van der Waals surface area contributed by atoms with Gasteiger partial charge < -0.3 is 33.5 Å². The average molecular weight is 897 g/mol. The summed E-state index contributed by atoms with van der Waals surface area (Å²) in [4.78, 5) is 50.1. The van der Waals surface area contributed by atoms with E-state index in [0.29, 0.717) is 18.1 Å². The molecule has 3 rings (SSSR count). The quantitative estimate of drug-likeness (QED) is 0.0393. The number of carbonyl (C=O) groups is 1. The Morgan fingerprint density at radius 3 is 2.06 bits per heavy atom. The Kier molecular flexibility index (Phi) is 23.7. The number of nitrogens with zero attached hydrogens (tertiary/aromatic N) is 1. The van der Waals surface area contributed by atoms with Gasteiger partial charge in [0.15, 0.2) is 5.11 Å². The van der Waals surface area contributed by atoms with Crippen LogP contribution in [0.15, 0.2) is 64.3 Å². The molecule has 0 bridgehead atoms. The molecule has 16 heteroatoms. The maximum absolute atomic E-state index is 12.9. The van der Waals surface area contributed by atoms with Gasteiger partial charge in [-0.3, -0.25) is 19.7 Å². The number of carbonyl (C=O) groups excluding carboxylic acids is 1. The summed E-state index contributed by atoms with van der Waals surface area (Å²) in [5.74, 6) is 47.5. The molecule has 0 aliphatic carbocycles. The van der Waals surface area contributed by atoms with E-state index in [1.165, 1.54) is 23.9 Å². The Hall–Kier alpha value is -7.31. The SMILES string of the molecule is CC#CC#CC#CC#CC#CC#CC#CC#CC#CC#CNC(=S)NCCCC/C=C/C[C@H]1C(OP(O)(=S)OC)[C@@H](COC(=O)OCc2ccccc2)O[C@H]1n1ccc(=O)[nH]c1=O. The minimum atomic E-state index is -3.78. The zero-order valence-corrected chi connectivity index (χ0v) is 36.4. The summed E-state index contributed by atoms with van der Waals surface area (Å²) in [6.07, 6.45) is 3.71. The number of thiocarbonyl (C=S) groups is 1. The molecular weight excluding hydrogens is 860 g/mol. The number of rotatable bonds is 15. The third-order valence-corrected chi connectivity index (χ3v) is 9.65. The Bertz CT molecular complexity index is 2810. The maximum atomic E-state index is 12.9. The second-order valence-corrected chi connectivity index (χ2v) is 15.3. The predicted molar refractivity (Wildman–Crippen MR) is 244 cm³/mol. The molecule has 5 atom stereocenters. The van der Waals surface area contributed by atoms with Crippen molar-refractivity contribution in [1.82, 2.24) is 20.2 Å². The van der Waals surface area contributed by atoms with E-state index >= 15 is 0 Å². The van der Waals surface area contributed by atoms with E-state index in [0.717, 1.165) is 18.4 Å². The van der Waals surface area contributed by atoms with Crippen LogP contribution < -0.4 is 21.9 Å². The van der Waals surface area contributed by atoms with E-state index in [9.17, 15) is 19.3 Å². The molecule has 63 heavy (non-hydrogen) atoms. The molecule has 4 N–H and O–H groups in total. The van der Waals surface area contributed by atoms with Crippen LogP contribution >= 0.6 is 18.9 Å². The topological polar surface area (TPSA) is 162 Å². The molecule has 1 aromatic carbocycles. The van der Waals surface area contributed by atoms with Crippen LogP contribution in [0.25, 0.3) is 0 Å². The molecule has 1 saturated heterocycles. The summed E-state index contributed by atoms with van der Waals surface area (Å²) in [5, 5.41) is 6.14. The van der Waals surface area contributed by atoms with Gasteiger partial charge >= 0.3 is 18.6 Å². The van der Waals surface area contributed by atoms with Gasteiger partial charge in [-0.2, -0.15) is 0 Å². The molecule has 13 nitrogen and oxygen atoms in total. The lowest BCUT2D eigenvalue weighted by atomic mass is 9.95. The number of benzene rings is 1. The lowest BCUT2D eigenvalue weighted by Crippen LogP contribution is -2.35. The second kappa shape index (κ2) is 29.8. The van der Waals surface area contributed by atoms with Crippen LogP contribution in [-0.4, -0.2) is 58.2 Å². The Balaban J connectivity index is 1.47. The number of aromatic nitrogens is 2. The Morgan fingerprint density at radius 1 is 0.873 bits per heavy atom. The van der Waals surface area contributed by atoms with Crippen molar-refractivity contribution < 1.29 is 32.9 Å². The molecule has 2 unspecified atom stereocenters. The minimum Gasteiger partial charge on any atom is -0.431 e. The summed E-state index contributed by atoms with van der Waals surface area (Å²) in [6.45, 7) is -1.90. The maximum Gasteiger partial charge on any atom is 0.508 e. The van der Waals surface area contributed by atoms with E-state index in [1.54, 1.807) is 19.1 Å². The van der Waals surface area contributed by atoms with Gasteiger partial charge in [0.25, 0.3) is 5.56 Å². The largest absolute Gasteiger partial charge is 0.508 e. The highest BCUT2D eigenvalue weighted by Crippen LogP contribution is 2.50.